The maximum Gasteiger partial charge on any atom is 0.205 e. The lowest BCUT2D eigenvalue weighted by molar-refractivity contribution is -0.411. The maximum atomic E-state index is 4.79. The molecule has 0 radical (unpaired) electrons. The van der Waals surface area contributed by atoms with E-state index in [0.717, 1.165) is 17.3 Å². The summed E-state index contributed by atoms with van der Waals surface area (Å²) in [6.07, 6.45) is 2.24. The number of fused-ring (bicyclic) bond motifs is 1. The van der Waals surface area contributed by atoms with Crippen molar-refractivity contribution in [3.63, 3.8) is 0 Å². The van der Waals surface area contributed by atoms with E-state index in [0.29, 0.717) is 0 Å². The summed E-state index contributed by atoms with van der Waals surface area (Å²) in [5.74, 6) is 0.909. The quantitative estimate of drug-likeness (QED) is 0.443. The van der Waals surface area contributed by atoms with E-state index < -0.39 is 0 Å². The van der Waals surface area contributed by atoms with Crippen LogP contribution in [0, 0.1) is 0 Å². The van der Waals surface area contributed by atoms with Gasteiger partial charge in [-0.1, -0.05) is 60.3 Å². The molecule has 0 spiro atoms. The molecule has 122 valence electrons. The summed E-state index contributed by atoms with van der Waals surface area (Å²) < 4.78 is 2.29. The first-order valence-corrected chi connectivity index (χ1v) is 9.33. The van der Waals surface area contributed by atoms with Gasteiger partial charge in [0, 0.05) is 28.3 Å². The van der Waals surface area contributed by atoms with Crippen LogP contribution in [-0.4, -0.2) is 22.4 Å². The minimum atomic E-state index is 0.909. The summed E-state index contributed by atoms with van der Waals surface area (Å²) in [6, 6.07) is 27.1. The average molecular weight is 343 g/mol. The molecule has 0 fully saturated rings. The topological polar surface area (TPSA) is 15.4 Å². The van der Waals surface area contributed by atoms with Crippen LogP contribution in [0.25, 0.3) is 0 Å². The number of aliphatic imine (C=N–C) groups is 1. The van der Waals surface area contributed by atoms with Crippen LogP contribution in [0.2, 0.25) is 0 Å². The lowest BCUT2D eigenvalue weighted by atomic mass is 10.1. The van der Waals surface area contributed by atoms with E-state index in [2.05, 4.69) is 66.2 Å². The minimum absolute atomic E-state index is 0.909. The number of rotatable bonds is 3. The van der Waals surface area contributed by atoms with E-state index in [9.17, 15) is 0 Å². The van der Waals surface area contributed by atoms with Crippen LogP contribution in [0.1, 0.15) is 18.1 Å². The lowest BCUT2D eigenvalue weighted by Gasteiger charge is -2.15. The Labute approximate surface area is 152 Å². The van der Waals surface area contributed by atoms with E-state index in [1.807, 2.05) is 42.1 Å². The third-order valence-corrected chi connectivity index (χ3v) is 5.37. The molecule has 0 aliphatic carbocycles. The van der Waals surface area contributed by atoms with Crippen molar-refractivity contribution in [1.29, 1.82) is 0 Å². The first-order valence-electron chi connectivity index (χ1n) is 8.34. The van der Waals surface area contributed by atoms with Crippen molar-refractivity contribution in [3.05, 3.63) is 90.0 Å². The Balaban J connectivity index is 1.72. The van der Waals surface area contributed by atoms with Gasteiger partial charge in [-0.3, -0.25) is 4.99 Å². The maximum absolute atomic E-state index is 4.79. The fourth-order valence-electron chi connectivity index (χ4n) is 2.97. The summed E-state index contributed by atoms with van der Waals surface area (Å²) in [6.45, 7) is 2.09. The van der Waals surface area contributed by atoms with E-state index >= 15 is 0 Å². The van der Waals surface area contributed by atoms with E-state index in [4.69, 9.17) is 4.99 Å². The van der Waals surface area contributed by atoms with Gasteiger partial charge in [0.2, 0.25) is 5.69 Å². The number of nitrogens with zero attached hydrogens (tertiary/aromatic N) is 2. The summed E-state index contributed by atoms with van der Waals surface area (Å²) >= 11 is 1.87. The monoisotopic (exact) mass is 343 g/mol. The molecule has 1 aliphatic heterocycles. The van der Waals surface area contributed by atoms with Crippen molar-refractivity contribution in [2.24, 2.45) is 4.99 Å². The largest absolute Gasteiger partial charge is 0.253 e. The molecule has 3 heteroatoms. The van der Waals surface area contributed by atoms with Crippen molar-refractivity contribution in [2.45, 2.75) is 11.8 Å². The van der Waals surface area contributed by atoms with Crippen molar-refractivity contribution >= 4 is 35.1 Å². The lowest BCUT2D eigenvalue weighted by Crippen LogP contribution is -2.14. The second-order valence-electron chi connectivity index (χ2n) is 5.96. The van der Waals surface area contributed by atoms with Crippen molar-refractivity contribution < 1.29 is 4.58 Å². The molecule has 0 saturated heterocycles. The molecule has 0 atom stereocenters. The molecule has 4 rings (SSSR count). The molecule has 3 aromatic rings. The predicted octanol–water partition coefficient (Wildman–Crippen LogP) is 5.65. The normalized spacial score (nSPS) is 14.0. The Morgan fingerprint density at radius 3 is 2.36 bits per heavy atom. The zero-order chi connectivity index (χ0) is 17.1. The molecule has 3 aromatic carbocycles. The Kier molecular flexibility index (Phi) is 4.49. The Morgan fingerprint density at radius 2 is 1.60 bits per heavy atom. The van der Waals surface area contributed by atoms with E-state index in [-0.39, 0.29) is 0 Å². The molecule has 0 amide bonds. The van der Waals surface area contributed by atoms with Crippen LogP contribution in [0.3, 0.4) is 0 Å². The minimum Gasteiger partial charge on any atom is -0.253 e. The third-order valence-electron chi connectivity index (χ3n) is 4.22. The van der Waals surface area contributed by atoms with Crippen molar-refractivity contribution in [3.8, 4) is 0 Å². The summed E-state index contributed by atoms with van der Waals surface area (Å²) in [7, 11) is 0. The van der Waals surface area contributed by atoms with Gasteiger partial charge in [0.1, 0.15) is 0 Å². The van der Waals surface area contributed by atoms with Gasteiger partial charge < -0.3 is 0 Å². The Hall–Kier alpha value is -2.65. The molecule has 25 heavy (non-hydrogen) atoms. The van der Waals surface area contributed by atoms with Gasteiger partial charge >= 0.3 is 0 Å². The van der Waals surface area contributed by atoms with Gasteiger partial charge in [0.15, 0.2) is 12.1 Å². The van der Waals surface area contributed by atoms with Gasteiger partial charge in [-0.15, -0.1) is 0 Å². The first-order chi connectivity index (χ1) is 12.3. The molecule has 0 saturated carbocycles. The van der Waals surface area contributed by atoms with Crippen LogP contribution in [0.15, 0.2) is 88.8 Å². The second-order valence-corrected chi connectivity index (χ2v) is 6.92. The fourth-order valence-corrected chi connectivity index (χ4v) is 4.12. The van der Waals surface area contributed by atoms with Crippen LogP contribution in [-0.2, 0) is 0 Å². The van der Waals surface area contributed by atoms with Crippen molar-refractivity contribution in [1.82, 2.24) is 0 Å². The number of benzene rings is 3. The molecular weight excluding hydrogens is 324 g/mol. The molecule has 0 unspecified atom stereocenters. The van der Waals surface area contributed by atoms with Gasteiger partial charge in [-0.2, -0.15) is 4.58 Å². The highest BCUT2D eigenvalue weighted by atomic mass is 32.2. The number of thioether (sulfide) groups is 1. The average Bonchev–Trinajstić information content (AvgIpc) is 2.68. The van der Waals surface area contributed by atoms with E-state index in [1.165, 1.54) is 21.7 Å². The Morgan fingerprint density at radius 1 is 0.880 bits per heavy atom. The molecule has 1 aliphatic rings. The van der Waals surface area contributed by atoms with E-state index in [1.54, 1.807) is 0 Å². The molecule has 0 aromatic heterocycles. The van der Waals surface area contributed by atoms with Gasteiger partial charge in [0.05, 0.1) is 11.3 Å². The summed E-state index contributed by atoms with van der Waals surface area (Å²) in [5, 5.41) is 0. The van der Waals surface area contributed by atoms with Gasteiger partial charge in [-0.25, -0.2) is 0 Å². The molecule has 0 bridgehead atoms. The molecule has 2 nitrogen and oxygen atoms in total. The predicted molar refractivity (Wildman–Crippen MR) is 107 cm³/mol. The molecule has 0 N–H and O–H groups in total. The zero-order valence-electron chi connectivity index (χ0n) is 14.1. The summed E-state index contributed by atoms with van der Waals surface area (Å²) in [5.41, 5.74) is 5.74. The first kappa shape index (κ1) is 15.9. The van der Waals surface area contributed by atoms with Crippen LogP contribution in [0.5, 0.6) is 0 Å². The highest BCUT2D eigenvalue weighted by Gasteiger charge is 2.21. The fraction of sp³-hybridized carbons (Fsp3) is 0.0909. The summed E-state index contributed by atoms with van der Waals surface area (Å²) in [4.78, 5) is 6.10. The van der Waals surface area contributed by atoms with Crippen LogP contribution in [0.4, 0.5) is 11.4 Å². The molecular formula is C22H19N2S+. The van der Waals surface area contributed by atoms with Crippen LogP contribution >= 0.6 is 11.8 Å². The highest BCUT2D eigenvalue weighted by molar-refractivity contribution is 7.99. The number of para-hydroxylation sites is 2. The SMILES string of the molecule is CC(=Nc1ccccc1)c1cccc2c1SC[N+](c1ccccc1)=C2. The number of hydrogen-bond acceptors (Lipinski definition) is 2. The zero-order valence-corrected chi connectivity index (χ0v) is 14.9. The smallest absolute Gasteiger partial charge is 0.205 e. The van der Waals surface area contributed by atoms with Gasteiger partial charge in [0.25, 0.3) is 0 Å². The third kappa shape index (κ3) is 3.42. The van der Waals surface area contributed by atoms with Gasteiger partial charge in [-0.05, 0) is 25.1 Å². The second kappa shape index (κ2) is 7.08. The van der Waals surface area contributed by atoms with Crippen molar-refractivity contribution in [2.75, 3.05) is 5.88 Å². The van der Waals surface area contributed by atoms with Crippen LogP contribution < -0.4 is 0 Å². The Bertz CT molecular complexity index is 944. The number of hydrogen-bond donors (Lipinski definition) is 0. The molecule has 1 heterocycles. The highest BCUT2D eigenvalue weighted by Crippen LogP contribution is 2.32. The standard InChI is InChI=1S/C22H19N2S/c1-17(23-19-10-4-2-5-11-19)21-14-8-9-18-15-24(16-25-22(18)21)20-12-6-3-7-13-20/h2-15H,16H2,1H3/q+1.